The van der Waals surface area contributed by atoms with Gasteiger partial charge >= 0.3 is 0 Å². The van der Waals surface area contributed by atoms with Gasteiger partial charge in [0.2, 0.25) is 10.0 Å². The van der Waals surface area contributed by atoms with E-state index in [0.29, 0.717) is 11.3 Å². The van der Waals surface area contributed by atoms with Crippen LogP contribution in [0.25, 0.3) is 0 Å². The van der Waals surface area contributed by atoms with Crippen molar-refractivity contribution in [2.75, 3.05) is 7.11 Å². The zero-order valence-electron chi connectivity index (χ0n) is 17.6. The molecule has 0 aliphatic heterocycles. The molecule has 0 spiro atoms. The van der Waals surface area contributed by atoms with Crippen LogP contribution in [0.2, 0.25) is 0 Å². The zero-order chi connectivity index (χ0) is 22.6. The Morgan fingerprint density at radius 3 is 2.16 bits per heavy atom. The van der Waals surface area contributed by atoms with Crippen molar-refractivity contribution in [2.24, 2.45) is 5.92 Å². The normalized spacial score (nSPS) is 13.4. The number of para-hydroxylation sites is 1. The Kier molecular flexibility index (Phi) is 6.77. The quantitative estimate of drug-likeness (QED) is 0.512. The lowest BCUT2D eigenvalue weighted by Crippen LogP contribution is -2.35. The molecule has 0 unspecified atom stereocenters. The van der Waals surface area contributed by atoms with E-state index < -0.39 is 22.0 Å². The van der Waals surface area contributed by atoms with Crippen LogP contribution in [0.3, 0.4) is 0 Å². The molecule has 0 aromatic heterocycles. The summed E-state index contributed by atoms with van der Waals surface area (Å²) in [5.41, 5.74) is 1.68. The zero-order valence-corrected chi connectivity index (χ0v) is 18.4. The first kappa shape index (κ1) is 22.5. The Bertz CT molecular complexity index is 1160. The number of aryl methyl sites for hydroxylation is 1. The van der Waals surface area contributed by atoms with E-state index in [9.17, 15) is 18.3 Å². The van der Waals surface area contributed by atoms with Gasteiger partial charge in [-0.1, -0.05) is 48.9 Å². The number of benzene rings is 3. The van der Waals surface area contributed by atoms with Gasteiger partial charge in [-0.25, -0.2) is 13.1 Å². The molecule has 7 heteroatoms. The Hall–Kier alpha value is -3.16. The summed E-state index contributed by atoms with van der Waals surface area (Å²) in [5.74, 6) is -0.690. The first-order valence-electron chi connectivity index (χ1n) is 9.78. The van der Waals surface area contributed by atoms with Crippen molar-refractivity contribution in [3.05, 3.63) is 89.5 Å². The summed E-state index contributed by atoms with van der Waals surface area (Å²) >= 11 is 0. The van der Waals surface area contributed by atoms with E-state index in [2.05, 4.69) is 4.72 Å². The topological polar surface area (TPSA) is 92.7 Å². The number of aromatic hydroxyl groups is 1. The van der Waals surface area contributed by atoms with Crippen molar-refractivity contribution < 1.29 is 23.1 Å². The molecule has 31 heavy (non-hydrogen) atoms. The predicted octanol–water partition coefficient (Wildman–Crippen LogP) is 4.25. The van der Waals surface area contributed by atoms with Gasteiger partial charge in [-0.3, -0.25) is 4.79 Å². The number of ketones is 1. The molecule has 0 aliphatic carbocycles. The lowest BCUT2D eigenvalue weighted by atomic mass is 9.88. The fourth-order valence-electron chi connectivity index (χ4n) is 3.30. The molecular formula is C24H25NO5S. The number of sulfonamides is 1. The van der Waals surface area contributed by atoms with Crippen molar-refractivity contribution in [3.8, 4) is 11.5 Å². The van der Waals surface area contributed by atoms with E-state index in [-0.39, 0.29) is 22.0 Å². The molecule has 0 aliphatic rings. The van der Waals surface area contributed by atoms with Crippen molar-refractivity contribution in [2.45, 2.75) is 24.8 Å². The average Bonchev–Trinajstić information content (AvgIpc) is 2.77. The second-order valence-corrected chi connectivity index (χ2v) is 9.07. The summed E-state index contributed by atoms with van der Waals surface area (Å²) in [6.45, 7) is 3.51. The number of phenols is 1. The first-order chi connectivity index (χ1) is 14.7. The Balaban J connectivity index is 2.00. The number of Topliss-reactive ketones (excluding diaryl/α,β-unsaturated/α-hetero) is 1. The number of nitrogens with one attached hydrogen (secondary N) is 1. The summed E-state index contributed by atoms with van der Waals surface area (Å²) in [6, 6.07) is 18.7. The molecule has 0 radical (unpaired) electrons. The standard InChI is InChI=1S/C24H25NO5S/c1-16-8-14-20(15-9-16)31(28,29)25-23(18-10-12-19(30-3)13-11-18)17(2)24(27)21-6-4-5-7-22(21)26/h4-15,17,23,25-26H,1-3H3/t17-,23+/m1/s1. The monoisotopic (exact) mass is 439 g/mol. The molecule has 162 valence electrons. The molecule has 0 saturated heterocycles. The minimum Gasteiger partial charge on any atom is -0.507 e. The third-order valence-corrected chi connectivity index (χ3v) is 6.63. The summed E-state index contributed by atoms with van der Waals surface area (Å²) in [4.78, 5) is 13.3. The number of hydrogen-bond donors (Lipinski definition) is 2. The number of carbonyl (C=O) groups excluding carboxylic acids is 1. The van der Waals surface area contributed by atoms with Crippen molar-refractivity contribution >= 4 is 15.8 Å². The fraction of sp³-hybridized carbons (Fsp3) is 0.208. The highest BCUT2D eigenvalue weighted by molar-refractivity contribution is 7.89. The number of methoxy groups -OCH3 is 1. The Morgan fingerprint density at radius 1 is 0.968 bits per heavy atom. The number of carbonyl (C=O) groups is 1. The van der Waals surface area contributed by atoms with Crippen LogP contribution in [0.4, 0.5) is 0 Å². The van der Waals surface area contributed by atoms with E-state index in [4.69, 9.17) is 4.74 Å². The van der Waals surface area contributed by atoms with Crippen LogP contribution in [0.1, 0.15) is 34.5 Å². The van der Waals surface area contributed by atoms with Gasteiger partial charge in [-0.2, -0.15) is 0 Å². The molecule has 6 nitrogen and oxygen atoms in total. The molecule has 3 aromatic rings. The van der Waals surface area contributed by atoms with Crippen molar-refractivity contribution in [1.82, 2.24) is 4.72 Å². The van der Waals surface area contributed by atoms with Crippen LogP contribution >= 0.6 is 0 Å². The number of ether oxygens (including phenoxy) is 1. The molecule has 2 atom stereocenters. The summed E-state index contributed by atoms with van der Waals surface area (Å²) < 4.78 is 34.0. The summed E-state index contributed by atoms with van der Waals surface area (Å²) in [6.07, 6.45) is 0. The minimum atomic E-state index is -3.91. The maximum atomic E-state index is 13.2. The second kappa shape index (κ2) is 9.32. The molecule has 3 aromatic carbocycles. The lowest BCUT2D eigenvalue weighted by Gasteiger charge is -2.25. The Morgan fingerprint density at radius 2 is 1.58 bits per heavy atom. The molecule has 0 fully saturated rings. The van der Waals surface area contributed by atoms with Crippen LogP contribution in [0.5, 0.6) is 11.5 Å². The van der Waals surface area contributed by atoms with E-state index in [1.807, 2.05) is 6.92 Å². The molecule has 0 saturated carbocycles. The molecule has 0 heterocycles. The highest BCUT2D eigenvalue weighted by Crippen LogP contribution is 2.31. The van der Waals surface area contributed by atoms with E-state index in [1.54, 1.807) is 55.5 Å². The van der Waals surface area contributed by atoms with Gasteiger partial charge in [0.1, 0.15) is 11.5 Å². The largest absolute Gasteiger partial charge is 0.507 e. The number of phenolic OH excluding ortho intramolecular Hbond substituents is 1. The molecule has 0 amide bonds. The predicted molar refractivity (Wildman–Crippen MR) is 119 cm³/mol. The molecule has 3 rings (SSSR count). The maximum Gasteiger partial charge on any atom is 0.241 e. The van der Waals surface area contributed by atoms with Crippen LogP contribution < -0.4 is 9.46 Å². The van der Waals surface area contributed by atoms with Gasteiger partial charge in [0, 0.05) is 5.92 Å². The van der Waals surface area contributed by atoms with Crippen LogP contribution in [0.15, 0.2) is 77.7 Å². The van der Waals surface area contributed by atoms with Gasteiger partial charge in [0.05, 0.1) is 23.6 Å². The van der Waals surface area contributed by atoms with Crippen molar-refractivity contribution in [1.29, 1.82) is 0 Å². The third-order valence-electron chi connectivity index (χ3n) is 5.17. The highest BCUT2D eigenvalue weighted by atomic mass is 32.2. The van der Waals surface area contributed by atoms with E-state index >= 15 is 0 Å². The Labute approximate surface area is 182 Å². The van der Waals surface area contributed by atoms with Gasteiger partial charge in [-0.15, -0.1) is 0 Å². The fourth-order valence-corrected chi connectivity index (χ4v) is 4.61. The maximum absolute atomic E-state index is 13.2. The van der Waals surface area contributed by atoms with Crippen molar-refractivity contribution in [3.63, 3.8) is 0 Å². The molecular weight excluding hydrogens is 414 g/mol. The highest BCUT2D eigenvalue weighted by Gasteiger charge is 2.31. The van der Waals surface area contributed by atoms with Gasteiger partial charge in [0.25, 0.3) is 0 Å². The second-order valence-electron chi connectivity index (χ2n) is 7.36. The first-order valence-corrected chi connectivity index (χ1v) is 11.3. The van der Waals surface area contributed by atoms with E-state index in [0.717, 1.165) is 5.56 Å². The van der Waals surface area contributed by atoms with Gasteiger partial charge in [-0.05, 0) is 48.9 Å². The van der Waals surface area contributed by atoms with Gasteiger partial charge < -0.3 is 9.84 Å². The van der Waals surface area contributed by atoms with Crippen LogP contribution in [-0.2, 0) is 10.0 Å². The molecule has 0 bridgehead atoms. The van der Waals surface area contributed by atoms with Crippen LogP contribution in [-0.4, -0.2) is 26.4 Å². The van der Waals surface area contributed by atoms with E-state index in [1.165, 1.54) is 31.4 Å². The SMILES string of the molecule is COc1ccc([C@@H](NS(=O)(=O)c2ccc(C)cc2)[C@@H](C)C(=O)c2ccccc2O)cc1. The third kappa shape index (κ3) is 5.13. The lowest BCUT2D eigenvalue weighted by molar-refractivity contribution is 0.0906. The summed E-state index contributed by atoms with van der Waals surface area (Å²) in [5, 5.41) is 10.1. The summed E-state index contributed by atoms with van der Waals surface area (Å²) in [7, 11) is -2.37. The number of rotatable bonds is 8. The van der Waals surface area contributed by atoms with Gasteiger partial charge in [0.15, 0.2) is 5.78 Å². The molecule has 2 N–H and O–H groups in total. The number of hydrogen-bond acceptors (Lipinski definition) is 5. The van der Waals surface area contributed by atoms with Crippen LogP contribution in [0, 0.1) is 12.8 Å². The smallest absolute Gasteiger partial charge is 0.241 e. The average molecular weight is 440 g/mol. The minimum absolute atomic E-state index is 0.110.